The van der Waals surface area contributed by atoms with Gasteiger partial charge in [0.2, 0.25) is 0 Å². The number of fused-ring (bicyclic) bond motifs is 4. The Hall–Kier alpha value is -10.2. The minimum Gasteiger partial charge on any atom is -0.462 e. The van der Waals surface area contributed by atoms with Gasteiger partial charge in [0, 0.05) is 0 Å². The van der Waals surface area contributed by atoms with E-state index in [0.29, 0.717) is 89.0 Å². The number of hydrogen-bond donors (Lipinski definition) is 0. The number of carbonyl (C=O) groups is 8. The zero-order valence-corrected chi connectivity index (χ0v) is 48.9. The molecular formula is C70H62O16. The van der Waals surface area contributed by atoms with Crippen LogP contribution in [0.4, 0.5) is 0 Å². The fraction of sp³-hybridized carbons (Fsp3) is 0.229. The van der Waals surface area contributed by atoms with E-state index in [2.05, 4.69) is 0 Å². The van der Waals surface area contributed by atoms with Crippen LogP contribution in [0.25, 0.3) is 89.0 Å². The van der Waals surface area contributed by atoms with E-state index < -0.39 is 47.8 Å². The highest BCUT2D eigenvalue weighted by Crippen LogP contribution is 2.47. The average Bonchev–Trinajstić information content (AvgIpc) is 2.47. The standard InChI is InChI=1S/C70H62O16/c1-9-79-63(71)54-35-55(64(72)80-10-2)45-26-18-39(17-25-44(45)54)43-33-52(40-19-27-46-47(28-20-40)57(66(74)82-12-4)36-56(46)65(73)81-11-3)62(42-23-31-50-51(32-24-42)61(70(78)86-16-8)38-60(50)69(77)85-15-7)53(34-43)41-21-29-48-49(30-22-41)59(68(76)84-14-6)37-58(48)67(75)83-13-5/h17-38H,9-16H2,1-8H3. The van der Waals surface area contributed by atoms with Crippen LogP contribution >= 0.6 is 0 Å². The van der Waals surface area contributed by atoms with Gasteiger partial charge in [-0.25, -0.2) is 38.4 Å². The SMILES string of the molecule is CCOC(=O)c1cc(C(=O)OCC)c2ccc(-c3cc(-c4ccc5c(C(=O)OCC)cc(C(=O)OCC)c-5cc4)c(-c4ccc5c(C(=O)OCC)cc(C(=O)OCC)c-5cc4)c(-c4ccc5c(C(=O)OCC)cc(C(=O)OCC)c-5cc4)c3)ccc1-2. The highest BCUT2D eigenvalue weighted by Gasteiger charge is 2.31. The van der Waals surface area contributed by atoms with Crippen LogP contribution in [0.3, 0.4) is 0 Å². The van der Waals surface area contributed by atoms with Crippen LogP contribution in [0.15, 0.2) is 133 Å². The maximum Gasteiger partial charge on any atom is 0.338 e. The fourth-order valence-electron chi connectivity index (χ4n) is 10.7. The van der Waals surface area contributed by atoms with Crippen molar-refractivity contribution < 1.29 is 76.3 Å². The molecule has 86 heavy (non-hydrogen) atoms. The van der Waals surface area contributed by atoms with Gasteiger partial charge in [-0.05, 0) is 181 Å². The van der Waals surface area contributed by atoms with Crippen LogP contribution in [0.5, 0.6) is 0 Å². The summed E-state index contributed by atoms with van der Waals surface area (Å²) >= 11 is 0. The fourth-order valence-corrected chi connectivity index (χ4v) is 10.7. The highest BCUT2D eigenvalue weighted by atomic mass is 16.6. The Labute approximate surface area is 497 Å². The third-order valence-electron chi connectivity index (χ3n) is 14.4. The van der Waals surface area contributed by atoms with Crippen molar-refractivity contribution in [3.63, 3.8) is 0 Å². The normalized spacial score (nSPS) is 11.1. The van der Waals surface area contributed by atoms with Crippen molar-refractivity contribution in [2.24, 2.45) is 0 Å². The first-order valence-corrected chi connectivity index (χ1v) is 28.5. The Balaban J connectivity index is 1.44. The van der Waals surface area contributed by atoms with E-state index in [1.807, 2.05) is 60.7 Å². The molecule has 0 unspecified atom stereocenters. The van der Waals surface area contributed by atoms with Crippen LogP contribution < -0.4 is 0 Å². The third kappa shape index (κ3) is 11.8. The van der Waals surface area contributed by atoms with Crippen molar-refractivity contribution in [3.05, 3.63) is 178 Å². The van der Waals surface area contributed by atoms with Crippen molar-refractivity contribution in [3.8, 4) is 89.0 Å². The predicted molar refractivity (Wildman–Crippen MR) is 322 cm³/mol. The second-order valence-corrected chi connectivity index (χ2v) is 19.4. The molecule has 9 rings (SSSR count). The summed E-state index contributed by atoms with van der Waals surface area (Å²) in [7, 11) is 0. The first-order chi connectivity index (χ1) is 41.6. The molecule has 0 aromatic heterocycles. The van der Waals surface area contributed by atoms with Crippen LogP contribution in [-0.2, 0) is 37.9 Å². The molecule has 8 aliphatic carbocycles. The average molecular weight is 1160 g/mol. The summed E-state index contributed by atoms with van der Waals surface area (Å²) < 4.78 is 43.8. The number of hydrogen-bond acceptors (Lipinski definition) is 16. The summed E-state index contributed by atoms with van der Waals surface area (Å²) in [5, 5.41) is 0. The summed E-state index contributed by atoms with van der Waals surface area (Å²) in [6.45, 7) is 14.1. The van der Waals surface area contributed by atoms with Gasteiger partial charge in [-0.15, -0.1) is 0 Å². The molecule has 0 bridgehead atoms. The van der Waals surface area contributed by atoms with Gasteiger partial charge in [0.15, 0.2) is 0 Å². The molecular weight excluding hydrogens is 1100 g/mol. The zero-order valence-electron chi connectivity index (χ0n) is 48.9. The molecule has 0 radical (unpaired) electrons. The lowest BCUT2D eigenvalue weighted by atomic mass is 9.85. The van der Waals surface area contributed by atoms with Crippen LogP contribution in [0, 0.1) is 0 Å². The van der Waals surface area contributed by atoms with Gasteiger partial charge in [-0.2, -0.15) is 0 Å². The molecule has 0 saturated heterocycles. The van der Waals surface area contributed by atoms with Gasteiger partial charge in [0.1, 0.15) is 0 Å². The molecule has 0 spiro atoms. The summed E-state index contributed by atoms with van der Waals surface area (Å²) in [5.74, 6) is -5.14. The summed E-state index contributed by atoms with van der Waals surface area (Å²) in [6, 6.07) is 38.2. The van der Waals surface area contributed by atoms with Gasteiger partial charge in [0.05, 0.1) is 97.4 Å². The molecule has 0 heterocycles. The van der Waals surface area contributed by atoms with Crippen molar-refractivity contribution >= 4 is 47.8 Å². The van der Waals surface area contributed by atoms with Crippen molar-refractivity contribution in [2.45, 2.75) is 55.4 Å². The maximum atomic E-state index is 13.7. The van der Waals surface area contributed by atoms with Gasteiger partial charge >= 0.3 is 47.8 Å². The molecule has 0 aliphatic heterocycles. The second-order valence-electron chi connectivity index (χ2n) is 19.4. The largest absolute Gasteiger partial charge is 0.462 e. The molecule has 8 aliphatic rings. The van der Waals surface area contributed by atoms with Crippen LogP contribution in [0.1, 0.15) is 138 Å². The molecule has 0 atom stereocenters. The molecule has 1 aromatic rings. The van der Waals surface area contributed by atoms with Crippen LogP contribution in [-0.4, -0.2) is 101 Å². The van der Waals surface area contributed by atoms with Crippen LogP contribution in [0.2, 0.25) is 0 Å². The topological polar surface area (TPSA) is 210 Å². The molecule has 1 aromatic carbocycles. The maximum absolute atomic E-state index is 13.7. The smallest absolute Gasteiger partial charge is 0.338 e. The highest BCUT2D eigenvalue weighted by molar-refractivity contribution is 6.12. The van der Waals surface area contributed by atoms with E-state index in [-0.39, 0.29) is 97.4 Å². The van der Waals surface area contributed by atoms with Crippen molar-refractivity contribution in [1.29, 1.82) is 0 Å². The molecule has 438 valence electrons. The molecule has 0 amide bonds. The number of ether oxygens (including phenoxy) is 8. The van der Waals surface area contributed by atoms with Crippen molar-refractivity contribution in [2.75, 3.05) is 52.9 Å². The number of esters is 8. The minimum absolute atomic E-state index is 0.0712. The monoisotopic (exact) mass is 1160 g/mol. The summed E-state index contributed by atoms with van der Waals surface area (Å²) in [4.78, 5) is 109. The zero-order chi connectivity index (χ0) is 61.3. The number of rotatable bonds is 20. The van der Waals surface area contributed by atoms with Gasteiger partial charge in [-0.1, -0.05) is 97.1 Å². The van der Waals surface area contributed by atoms with Gasteiger partial charge < -0.3 is 37.9 Å². The van der Waals surface area contributed by atoms with Gasteiger partial charge in [-0.3, -0.25) is 0 Å². The molecule has 0 N–H and O–H groups in total. The molecule has 16 nitrogen and oxygen atoms in total. The van der Waals surface area contributed by atoms with E-state index in [0.717, 1.165) is 0 Å². The van der Waals surface area contributed by atoms with E-state index in [1.165, 1.54) is 24.3 Å². The third-order valence-corrected chi connectivity index (χ3v) is 14.4. The number of benzene rings is 1. The lowest BCUT2D eigenvalue weighted by Gasteiger charge is -2.18. The van der Waals surface area contributed by atoms with Gasteiger partial charge in [0.25, 0.3) is 0 Å². The Kier molecular flexibility index (Phi) is 18.7. The first kappa shape index (κ1) is 60.4. The molecule has 16 heteroatoms. The predicted octanol–water partition coefficient (Wildman–Crippen LogP) is 14.2. The summed E-state index contributed by atoms with van der Waals surface area (Å²) in [5.41, 5.74) is 9.13. The molecule has 0 fully saturated rings. The van der Waals surface area contributed by atoms with Crippen molar-refractivity contribution in [1.82, 2.24) is 0 Å². The van der Waals surface area contributed by atoms with E-state index in [9.17, 15) is 38.4 Å². The van der Waals surface area contributed by atoms with E-state index in [1.54, 1.807) is 104 Å². The Bertz CT molecular complexity index is 3650. The quantitative estimate of drug-likeness (QED) is 0.0513. The van der Waals surface area contributed by atoms with E-state index >= 15 is 0 Å². The summed E-state index contributed by atoms with van der Waals surface area (Å²) in [6.07, 6.45) is 0. The number of carbonyl (C=O) groups excluding carboxylic acids is 8. The lowest BCUT2D eigenvalue weighted by Crippen LogP contribution is -2.05. The Morgan fingerprint density at radius 2 is 0.384 bits per heavy atom. The van der Waals surface area contributed by atoms with E-state index in [4.69, 9.17) is 37.9 Å². The Morgan fingerprint density at radius 3 is 0.570 bits per heavy atom. The second kappa shape index (κ2) is 26.6. The first-order valence-electron chi connectivity index (χ1n) is 28.5. The molecule has 0 saturated carbocycles. The Morgan fingerprint density at radius 1 is 0.209 bits per heavy atom. The minimum atomic E-state index is -0.648. The lowest BCUT2D eigenvalue weighted by molar-refractivity contribution is 0.0511.